The molecule has 2 rings (SSSR count). The second-order valence-corrected chi connectivity index (χ2v) is 5.47. The van der Waals surface area contributed by atoms with Gasteiger partial charge in [-0.05, 0) is 31.5 Å². The third-order valence-electron chi connectivity index (χ3n) is 3.00. The van der Waals surface area contributed by atoms with E-state index in [1.54, 1.807) is 37.1 Å². The molecule has 18 heavy (non-hydrogen) atoms. The molecular formula is C13H16O4S. The maximum Gasteiger partial charge on any atom is 0.336 e. The van der Waals surface area contributed by atoms with E-state index in [1.165, 1.54) is 0 Å². The fourth-order valence-corrected chi connectivity index (χ4v) is 3.21. The van der Waals surface area contributed by atoms with Gasteiger partial charge in [-0.1, -0.05) is 0 Å². The van der Waals surface area contributed by atoms with Gasteiger partial charge in [-0.2, -0.15) is 0 Å². The Kier molecular flexibility index (Phi) is 4.14. The van der Waals surface area contributed by atoms with E-state index >= 15 is 0 Å². The second-order valence-electron chi connectivity index (χ2n) is 4.19. The van der Waals surface area contributed by atoms with Crippen LogP contribution in [0.5, 0.6) is 5.75 Å². The molecule has 0 saturated carbocycles. The SMILES string of the molecule is COc1ccc(C(=O)O)c(SC2CCOC2C)c1. The van der Waals surface area contributed by atoms with E-state index in [0.29, 0.717) is 16.6 Å². The normalized spacial score (nSPS) is 23.0. The first-order chi connectivity index (χ1) is 8.61. The van der Waals surface area contributed by atoms with E-state index in [2.05, 4.69) is 0 Å². The van der Waals surface area contributed by atoms with Crippen LogP contribution >= 0.6 is 11.8 Å². The number of hydrogen-bond donors (Lipinski definition) is 1. The first-order valence-electron chi connectivity index (χ1n) is 5.81. The van der Waals surface area contributed by atoms with Gasteiger partial charge in [-0.25, -0.2) is 4.79 Å². The largest absolute Gasteiger partial charge is 0.497 e. The van der Waals surface area contributed by atoms with Gasteiger partial charge in [0.05, 0.1) is 18.8 Å². The summed E-state index contributed by atoms with van der Waals surface area (Å²) in [5.41, 5.74) is 0.319. The minimum absolute atomic E-state index is 0.155. The zero-order valence-electron chi connectivity index (χ0n) is 10.4. The molecule has 0 spiro atoms. The average Bonchev–Trinajstić information content (AvgIpc) is 2.74. The fraction of sp³-hybridized carbons (Fsp3) is 0.462. The predicted octanol–water partition coefficient (Wildman–Crippen LogP) is 2.66. The number of aromatic carboxylic acids is 1. The van der Waals surface area contributed by atoms with E-state index < -0.39 is 5.97 Å². The molecule has 2 unspecified atom stereocenters. The molecule has 4 nitrogen and oxygen atoms in total. The number of rotatable bonds is 4. The molecule has 1 aliphatic heterocycles. The summed E-state index contributed by atoms with van der Waals surface area (Å²) in [6.45, 7) is 2.76. The summed E-state index contributed by atoms with van der Waals surface area (Å²) in [6, 6.07) is 5.03. The van der Waals surface area contributed by atoms with E-state index in [9.17, 15) is 9.90 Å². The number of ether oxygens (including phenoxy) is 2. The van der Waals surface area contributed by atoms with Crippen molar-refractivity contribution in [2.45, 2.75) is 29.6 Å². The second kappa shape index (κ2) is 5.63. The molecule has 0 bridgehead atoms. The first-order valence-corrected chi connectivity index (χ1v) is 6.69. The summed E-state index contributed by atoms with van der Waals surface area (Å²) in [6.07, 6.45) is 1.10. The smallest absolute Gasteiger partial charge is 0.336 e. The van der Waals surface area contributed by atoms with Crippen LogP contribution < -0.4 is 4.74 Å². The van der Waals surface area contributed by atoms with Crippen LogP contribution in [0.3, 0.4) is 0 Å². The van der Waals surface area contributed by atoms with Crippen molar-refractivity contribution in [1.82, 2.24) is 0 Å². The summed E-state index contributed by atoms with van der Waals surface area (Å²) in [5, 5.41) is 9.48. The lowest BCUT2D eigenvalue weighted by atomic mass is 10.2. The molecule has 1 aromatic carbocycles. The molecule has 1 aliphatic rings. The number of carboxylic acid groups (broad SMARTS) is 1. The number of thioether (sulfide) groups is 1. The first kappa shape index (κ1) is 13.2. The summed E-state index contributed by atoms with van der Waals surface area (Å²) in [7, 11) is 1.57. The molecule has 5 heteroatoms. The highest BCUT2D eigenvalue weighted by Gasteiger charge is 2.26. The van der Waals surface area contributed by atoms with Gasteiger partial charge >= 0.3 is 5.97 Å². The Morgan fingerprint density at radius 2 is 2.33 bits per heavy atom. The number of carboxylic acids is 1. The molecule has 0 radical (unpaired) electrons. The molecule has 2 atom stereocenters. The van der Waals surface area contributed by atoms with E-state index in [4.69, 9.17) is 9.47 Å². The Labute approximate surface area is 110 Å². The van der Waals surface area contributed by atoms with Crippen molar-refractivity contribution in [3.05, 3.63) is 23.8 Å². The van der Waals surface area contributed by atoms with Crippen LogP contribution in [0.2, 0.25) is 0 Å². The van der Waals surface area contributed by atoms with Crippen molar-refractivity contribution in [2.75, 3.05) is 13.7 Å². The molecule has 0 aromatic heterocycles. The molecular weight excluding hydrogens is 252 g/mol. The van der Waals surface area contributed by atoms with Gasteiger partial charge < -0.3 is 14.6 Å². The summed E-state index contributed by atoms with van der Waals surface area (Å²) >= 11 is 1.56. The third kappa shape index (κ3) is 2.79. The maximum absolute atomic E-state index is 11.2. The molecule has 0 amide bonds. The summed E-state index contributed by atoms with van der Waals surface area (Å²) in [4.78, 5) is 11.9. The van der Waals surface area contributed by atoms with Crippen LogP contribution in [0.4, 0.5) is 0 Å². The molecule has 1 aromatic rings. The van der Waals surface area contributed by atoms with Gasteiger partial charge in [0.1, 0.15) is 5.75 Å². The summed E-state index contributed by atoms with van der Waals surface area (Å²) in [5.74, 6) is -0.235. The van der Waals surface area contributed by atoms with Gasteiger partial charge in [0, 0.05) is 16.8 Å². The van der Waals surface area contributed by atoms with Crippen LogP contribution in [-0.2, 0) is 4.74 Å². The Balaban J connectivity index is 2.25. The number of hydrogen-bond acceptors (Lipinski definition) is 4. The van der Waals surface area contributed by atoms with Crippen molar-refractivity contribution < 1.29 is 19.4 Å². The monoisotopic (exact) mass is 268 g/mol. The van der Waals surface area contributed by atoms with Gasteiger partial charge in [0.15, 0.2) is 0 Å². The Morgan fingerprint density at radius 3 is 2.89 bits per heavy atom. The molecule has 1 fully saturated rings. The lowest BCUT2D eigenvalue weighted by molar-refractivity contribution is 0.0693. The Bertz CT molecular complexity index is 447. The molecule has 1 heterocycles. The Hall–Kier alpha value is -1.20. The zero-order valence-corrected chi connectivity index (χ0v) is 11.2. The van der Waals surface area contributed by atoms with Crippen LogP contribution in [0.1, 0.15) is 23.7 Å². The molecule has 1 saturated heterocycles. The van der Waals surface area contributed by atoms with Crippen LogP contribution in [0.15, 0.2) is 23.1 Å². The van der Waals surface area contributed by atoms with Crippen LogP contribution in [-0.4, -0.2) is 36.1 Å². The zero-order chi connectivity index (χ0) is 13.1. The Morgan fingerprint density at radius 1 is 1.56 bits per heavy atom. The van der Waals surface area contributed by atoms with Crippen molar-refractivity contribution in [1.29, 1.82) is 0 Å². The average molecular weight is 268 g/mol. The van der Waals surface area contributed by atoms with Crippen LogP contribution in [0.25, 0.3) is 0 Å². The molecule has 98 valence electrons. The molecule has 1 N–H and O–H groups in total. The number of benzene rings is 1. The van der Waals surface area contributed by atoms with E-state index in [-0.39, 0.29) is 6.10 Å². The van der Waals surface area contributed by atoms with Gasteiger partial charge in [0.25, 0.3) is 0 Å². The highest BCUT2D eigenvalue weighted by Crippen LogP contribution is 2.36. The number of methoxy groups -OCH3 is 1. The van der Waals surface area contributed by atoms with Gasteiger partial charge in [-0.15, -0.1) is 11.8 Å². The third-order valence-corrected chi connectivity index (χ3v) is 4.52. The summed E-state index contributed by atoms with van der Waals surface area (Å²) < 4.78 is 10.6. The van der Waals surface area contributed by atoms with E-state index in [0.717, 1.165) is 17.9 Å². The van der Waals surface area contributed by atoms with Gasteiger partial charge in [-0.3, -0.25) is 0 Å². The highest BCUT2D eigenvalue weighted by molar-refractivity contribution is 8.00. The van der Waals surface area contributed by atoms with Crippen molar-refractivity contribution in [2.24, 2.45) is 0 Å². The maximum atomic E-state index is 11.2. The minimum atomic E-state index is -0.910. The quantitative estimate of drug-likeness (QED) is 0.909. The predicted molar refractivity (Wildman–Crippen MR) is 69.6 cm³/mol. The van der Waals surface area contributed by atoms with E-state index in [1.807, 2.05) is 6.92 Å². The van der Waals surface area contributed by atoms with Gasteiger partial charge in [0.2, 0.25) is 0 Å². The molecule has 0 aliphatic carbocycles. The van der Waals surface area contributed by atoms with Crippen LogP contribution in [0, 0.1) is 0 Å². The highest BCUT2D eigenvalue weighted by atomic mass is 32.2. The topological polar surface area (TPSA) is 55.8 Å². The lowest BCUT2D eigenvalue weighted by Crippen LogP contribution is -2.14. The number of carbonyl (C=O) groups is 1. The van der Waals surface area contributed by atoms with Crippen molar-refractivity contribution in [3.63, 3.8) is 0 Å². The fourth-order valence-electron chi connectivity index (χ4n) is 1.93. The van der Waals surface area contributed by atoms with Crippen molar-refractivity contribution >= 4 is 17.7 Å². The standard InChI is InChI=1S/C13H16O4S/c1-8-11(5-6-17-8)18-12-7-9(16-2)3-4-10(12)13(14)15/h3-4,7-8,11H,5-6H2,1-2H3,(H,14,15). The van der Waals surface area contributed by atoms with Crippen molar-refractivity contribution in [3.8, 4) is 5.75 Å². The lowest BCUT2D eigenvalue weighted by Gasteiger charge is -2.15. The minimum Gasteiger partial charge on any atom is -0.497 e.